The highest BCUT2D eigenvalue weighted by atomic mass is 28.3. The Kier molecular flexibility index (Phi) is 5.48. The summed E-state index contributed by atoms with van der Waals surface area (Å²) in [4.78, 5) is 0. The van der Waals surface area contributed by atoms with Gasteiger partial charge in [-0.3, -0.25) is 0 Å². The molecule has 202 valence electrons. The van der Waals surface area contributed by atoms with Gasteiger partial charge in [0.15, 0.2) is 8.07 Å². The number of aromatic nitrogens is 1. The van der Waals surface area contributed by atoms with Gasteiger partial charge >= 0.3 is 0 Å². The standard InChI is InChI=1S/C40H33NSi/c1-26-9-16-31(17-10-26)42(32-18-11-27(2)12-19-32)39-8-6-5-7-33(39)36-25-30(15-22-40(36)42)41-37-20-13-28(3)23-34(37)35-24-29(4)14-21-38(35)41/h5-25H,1-4H3. The number of benzene rings is 6. The Balaban J connectivity index is 1.46. The Morgan fingerprint density at radius 1 is 0.429 bits per heavy atom. The highest BCUT2D eigenvalue weighted by Crippen LogP contribution is 2.36. The van der Waals surface area contributed by atoms with E-state index in [-0.39, 0.29) is 0 Å². The first-order valence-electron chi connectivity index (χ1n) is 14.9. The second-order valence-corrected chi connectivity index (χ2v) is 15.9. The summed E-state index contributed by atoms with van der Waals surface area (Å²) in [6.45, 7) is 8.74. The molecule has 2 heteroatoms. The van der Waals surface area contributed by atoms with E-state index in [1.165, 1.54) is 81.6 Å². The zero-order valence-electron chi connectivity index (χ0n) is 24.6. The van der Waals surface area contributed by atoms with Gasteiger partial charge in [0.05, 0.1) is 11.0 Å². The second-order valence-electron chi connectivity index (χ2n) is 12.1. The first kappa shape index (κ1) is 25.1. The molecule has 8 rings (SSSR count). The van der Waals surface area contributed by atoms with Crippen molar-refractivity contribution < 1.29 is 0 Å². The van der Waals surface area contributed by atoms with E-state index in [2.05, 4.69) is 160 Å². The van der Waals surface area contributed by atoms with E-state index < -0.39 is 8.07 Å². The van der Waals surface area contributed by atoms with Crippen molar-refractivity contribution in [3.63, 3.8) is 0 Å². The van der Waals surface area contributed by atoms with Gasteiger partial charge in [0.2, 0.25) is 0 Å². The second kappa shape index (κ2) is 9.17. The first-order chi connectivity index (χ1) is 20.4. The Bertz CT molecular complexity index is 2060. The molecule has 0 saturated heterocycles. The van der Waals surface area contributed by atoms with Crippen LogP contribution in [-0.4, -0.2) is 12.6 Å². The van der Waals surface area contributed by atoms with Crippen molar-refractivity contribution in [1.29, 1.82) is 0 Å². The summed E-state index contributed by atoms with van der Waals surface area (Å²) in [5, 5.41) is 8.48. The van der Waals surface area contributed by atoms with Crippen molar-refractivity contribution in [2.75, 3.05) is 0 Å². The largest absolute Gasteiger partial charge is 0.309 e. The molecule has 2 heterocycles. The van der Waals surface area contributed by atoms with Crippen LogP contribution in [0.15, 0.2) is 127 Å². The van der Waals surface area contributed by atoms with Crippen molar-refractivity contribution >= 4 is 50.6 Å². The minimum Gasteiger partial charge on any atom is -0.309 e. The highest BCUT2D eigenvalue weighted by Gasteiger charge is 2.48. The maximum absolute atomic E-state index is 2.51. The smallest absolute Gasteiger partial charge is 0.180 e. The summed E-state index contributed by atoms with van der Waals surface area (Å²) in [7, 11) is -2.51. The molecule has 1 aliphatic heterocycles. The monoisotopic (exact) mass is 555 g/mol. The van der Waals surface area contributed by atoms with Crippen LogP contribution in [0, 0.1) is 27.7 Å². The summed E-state index contributed by atoms with van der Waals surface area (Å²) in [5.41, 5.74) is 11.6. The molecule has 1 nitrogen and oxygen atoms in total. The van der Waals surface area contributed by atoms with E-state index in [1.807, 2.05) is 0 Å². The highest BCUT2D eigenvalue weighted by molar-refractivity contribution is 7.22. The molecule has 0 bridgehead atoms. The van der Waals surface area contributed by atoms with E-state index in [4.69, 9.17) is 0 Å². The number of hydrogen-bond donors (Lipinski definition) is 0. The number of hydrogen-bond acceptors (Lipinski definition) is 0. The molecule has 0 unspecified atom stereocenters. The van der Waals surface area contributed by atoms with Gasteiger partial charge in [-0.25, -0.2) is 0 Å². The summed E-state index contributed by atoms with van der Waals surface area (Å²) in [6.07, 6.45) is 0. The van der Waals surface area contributed by atoms with Crippen molar-refractivity contribution in [2.24, 2.45) is 0 Å². The van der Waals surface area contributed by atoms with Gasteiger partial charge in [-0.15, -0.1) is 0 Å². The molecule has 1 aliphatic rings. The van der Waals surface area contributed by atoms with Crippen LogP contribution in [0.5, 0.6) is 0 Å². The fourth-order valence-corrected chi connectivity index (χ4v) is 12.4. The van der Waals surface area contributed by atoms with Gasteiger partial charge in [0.1, 0.15) is 0 Å². The van der Waals surface area contributed by atoms with Crippen LogP contribution in [0.25, 0.3) is 38.6 Å². The van der Waals surface area contributed by atoms with Gasteiger partial charge in [-0.05, 0) is 96.0 Å². The van der Waals surface area contributed by atoms with Crippen molar-refractivity contribution in [3.05, 3.63) is 150 Å². The van der Waals surface area contributed by atoms with Crippen LogP contribution in [0.2, 0.25) is 0 Å². The Morgan fingerprint density at radius 3 is 1.50 bits per heavy atom. The molecule has 0 radical (unpaired) electrons. The summed E-state index contributed by atoms with van der Waals surface area (Å²) in [6, 6.07) is 48.9. The molecule has 0 spiro atoms. The van der Waals surface area contributed by atoms with Crippen molar-refractivity contribution in [2.45, 2.75) is 27.7 Å². The minimum atomic E-state index is -2.51. The lowest BCUT2D eigenvalue weighted by Gasteiger charge is -2.31. The average Bonchev–Trinajstić information content (AvgIpc) is 3.48. The maximum atomic E-state index is 2.46. The summed E-state index contributed by atoms with van der Waals surface area (Å²) < 4.78 is 2.46. The zero-order chi connectivity index (χ0) is 28.6. The molecule has 1 aromatic heterocycles. The van der Waals surface area contributed by atoms with E-state index in [0.29, 0.717) is 0 Å². The topological polar surface area (TPSA) is 4.93 Å². The van der Waals surface area contributed by atoms with Gasteiger partial charge in [-0.2, -0.15) is 0 Å². The number of nitrogens with zero attached hydrogens (tertiary/aromatic N) is 1. The molecule has 6 aromatic carbocycles. The fraction of sp³-hybridized carbons (Fsp3) is 0.100. The molecule has 0 aliphatic carbocycles. The van der Waals surface area contributed by atoms with Gasteiger partial charge in [-0.1, -0.05) is 113 Å². The van der Waals surface area contributed by atoms with Gasteiger partial charge < -0.3 is 4.57 Å². The third-order valence-electron chi connectivity index (χ3n) is 9.33. The van der Waals surface area contributed by atoms with Crippen molar-refractivity contribution in [3.8, 4) is 16.8 Å². The van der Waals surface area contributed by atoms with Crippen LogP contribution in [0.3, 0.4) is 0 Å². The minimum absolute atomic E-state index is 1.22. The molecule has 0 amide bonds. The molecule has 0 saturated carbocycles. The Morgan fingerprint density at radius 2 is 0.929 bits per heavy atom. The SMILES string of the molecule is Cc1ccc([Si]2(c3ccc(C)cc3)c3ccccc3-c3cc(-n4c5ccc(C)cc5c5cc(C)ccc54)ccc32)cc1. The predicted octanol–water partition coefficient (Wildman–Crippen LogP) is 7.38. The predicted molar refractivity (Wildman–Crippen MR) is 182 cm³/mol. The van der Waals surface area contributed by atoms with E-state index >= 15 is 0 Å². The van der Waals surface area contributed by atoms with Crippen molar-refractivity contribution in [1.82, 2.24) is 4.57 Å². The third-order valence-corrected chi connectivity index (χ3v) is 14.2. The zero-order valence-corrected chi connectivity index (χ0v) is 25.6. The maximum Gasteiger partial charge on any atom is 0.180 e. The lowest BCUT2D eigenvalue weighted by molar-refractivity contribution is 1.18. The molecule has 7 aromatic rings. The van der Waals surface area contributed by atoms with Gasteiger partial charge in [0, 0.05) is 16.5 Å². The fourth-order valence-electron chi connectivity index (χ4n) is 7.34. The number of rotatable bonds is 3. The van der Waals surface area contributed by atoms with Gasteiger partial charge in [0.25, 0.3) is 0 Å². The third kappa shape index (κ3) is 3.49. The number of aryl methyl sites for hydroxylation is 4. The lowest BCUT2D eigenvalue weighted by Crippen LogP contribution is -2.72. The Labute approximate surface area is 248 Å². The van der Waals surface area contributed by atoms with E-state index in [0.717, 1.165) is 0 Å². The molecular weight excluding hydrogens is 523 g/mol. The van der Waals surface area contributed by atoms with E-state index in [9.17, 15) is 0 Å². The summed E-state index contributed by atoms with van der Waals surface area (Å²) in [5.74, 6) is 0. The lowest BCUT2D eigenvalue weighted by atomic mass is 10.1. The molecule has 0 atom stereocenters. The van der Waals surface area contributed by atoms with Crippen LogP contribution >= 0.6 is 0 Å². The molecule has 0 N–H and O–H groups in total. The van der Waals surface area contributed by atoms with Crippen LogP contribution in [0.4, 0.5) is 0 Å². The average molecular weight is 556 g/mol. The molecular formula is C40H33NSi. The Hall–Kier alpha value is -4.66. The van der Waals surface area contributed by atoms with Crippen LogP contribution in [-0.2, 0) is 0 Å². The normalized spacial score (nSPS) is 13.4. The quantitative estimate of drug-likeness (QED) is 0.201. The number of fused-ring (bicyclic) bond motifs is 6. The first-order valence-corrected chi connectivity index (χ1v) is 16.9. The molecule has 42 heavy (non-hydrogen) atoms. The van der Waals surface area contributed by atoms with Crippen LogP contribution < -0.4 is 20.7 Å². The van der Waals surface area contributed by atoms with E-state index in [1.54, 1.807) is 0 Å². The van der Waals surface area contributed by atoms with Crippen LogP contribution in [0.1, 0.15) is 22.3 Å². The molecule has 0 fully saturated rings. The summed E-state index contributed by atoms with van der Waals surface area (Å²) >= 11 is 0.